The first-order chi connectivity index (χ1) is 10.6. The number of rotatable bonds is 3. The molecule has 1 aromatic carbocycles. The first kappa shape index (κ1) is 17.1. The van der Waals surface area contributed by atoms with E-state index in [9.17, 15) is 26.4 Å². The van der Waals surface area contributed by atoms with Gasteiger partial charge >= 0.3 is 12.2 Å². The van der Waals surface area contributed by atoms with Gasteiger partial charge in [-0.3, -0.25) is 0 Å². The number of hydrogen-bond donors (Lipinski definition) is 2. The molecule has 0 spiro atoms. The average molecular weight is 349 g/mol. The van der Waals surface area contributed by atoms with Crippen molar-refractivity contribution in [2.45, 2.75) is 24.4 Å². The van der Waals surface area contributed by atoms with E-state index < -0.39 is 32.7 Å². The Labute approximate surface area is 131 Å². The van der Waals surface area contributed by atoms with Crippen molar-refractivity contribution in [1.82, 2.24) is 15.2 Å². The minimum Gasteiger partial charge on any atom is -0.302 e. The van der Waals surface area contributed by atoms with Crippen LogP contribution in [0, 0.1) is 0 Å². The third-order valence-electron chi connectivity index (χ3n) is 3.19. The van der Waals surface area contributed by atoms with Gasteiger partial charge in [0.2, 0.25) is 0 Å². The van der Waals surface area contributed by atoms with E-state index in [2.05, 4.69) is 5.43 Å². The molecule has 0 fully saturated rings. The van der Waals surface area contributed by atoms with Crippen molar-refractivity contribution in [3.05, 3.63) is 41.6 Å². The molecule has 1 aliphatic rings. The number of amides is 2. The van der Waals surface area contributed by atoms with Crippen LogP contribution in [-0.4, -0.2) is 26.0 Å². The molecule has 0 atom stereocenters. The zero-order valence-corrected chi connectivity index (χ0v) is 12.8. The molecular weight excluding hydrogens is 335 g/mol. The Kier molecular flexibility index (Phi) is 4.55. The lowest BCUT2D eigenvalue weighted by Gasteiger charge is -2.19. The van der Waals surface area contributed by atoms with E-state index in [0.717, 1.165) is 28.8 Å². The molecule has 0 saturated carbocycles. The highest BCUT2D eigenvalue weighted by molar-refractivity contribution is 7.90. The third kappa shape index (κ3) is 3.76. The summed E-state index contributed by atoms with van der Waals surface area (Å²) in [6.07, 6.45) is -2.66. The smallest absolute Gasteiger partial charge is 0.302 e. The van der Waals surface area contributed by atoms with Gasteiger partial charge in [-0.1, -0.05) is 19.1 Å². The Hall–Kier alpha value is -2.23. The molecule has 1 aromatic rings. The van der Waals surface area contributed by atoms with Crippen molar-refractivity contribution >= 4 is 16.1 Å². The first-order valence-corrected chi connectivity index (χ1v) is 8.08. The van der Waals surface area contributed by atoms with Crippen molar-refractivity contribution in [1.29, 1.82) is 0 Å². The lowest BCUT2D eigenvalue weighted by Crippen LogP contribution is -2.46. The Balaban J connectivity index is 2.22. The van der Waals surface area contributed by atoms with Gasteiger partial charge in [0.05, 0.1) is 17.0 Å². The lowest BCUT2D eigenvalue weighted by atomic mass is 10.2. The number of hydrogen-bond acceptors (Lipinski definition) is 4. The number of nitrogens with zero attached hydrogens (tertiary/aromatic N) is 1. The van der Waals surface area contributed by atoms with Crippen molar-refractivity contribution < 1.29 is 26.4 Å². The quantitative estimate of drug-likeness (QED) is 0.877. The number of sulfonamides is 1. The van der Waals surface area contributed by atoms with Gasteiger partial charge in [-0.05, 0) is 24.1 Å². The molecular formula is C13H14F3N3O3S. The maximum atomic E-state index is 12.9. The summed E-state index contributed by atoms with van der Waals surface area (Å²) in [5.41, 5.74) is 2.07. The van der Waals surface area contributed by atoms with E-state index in [4.69, 9.17) is 0 Å². The maximum Gasteiger partial charge on any atom is 0.417 e. The van der Waals surface area contributed by atoms with Crippen LogP contribution in [0.3, 0.4) is 0 Å². The van der Waals surface area contributed by atoms with Crippen molar-refractivity contribution in [2.75, 3.05) is 6.54 Å². The van der Waals surface area contributed by atoms with Crippen LogP contribution >= 0.6 is 0 Å². The minimum atomic E-state index is -4.85. The Morgan fingerprint density at radius 2 is 2.00 bits per heavy atom. The van der Waals surface area contributed by atoms with Gasteiger partial charge in [-0.15, -0.1) is 0 Å². The van der Waals surface area contributed by atoms with E-state index in [-0.39, 0.29) is 6.54 Å². The highest BCUT2D eigenvalue weighted by Crippen LogP contribution is 2.33. The summed E-state index contributed by atoms with van der Waals surface area (Å²) >= 11 is 0. The summed E-state index contributed by atoms with van der Waals surface area (Å²) in [4.78, 5) is 10.9. The SMILES string of the molecule is CCC1=CNN(C(=O)NS(=O)(=O)c2ccccc2C(F)(F)F)C1. The summed E-state index contributed by atoms with van der Waals surface area (Å²) in [7, 11) is -4.66. The van der Waals surface area contributed by atoms with Gasteiger partial charge in [0.1, 0.15) is 0 Å². The Morgan fingerprint density at radius 3 is 2.57 bits per heavy atom. The molecule has 23 heavy (non-hydrogen) atoms. The Bertz CT molecular complexity index is 744. The van der Waals surface area contributed by atoms with Crippen LogP contribution < -0.4 is 10.1 Å². The molecule has 0 saturated heterocycles. The number of alkyl halides is 3. The second-order valence-corrected chi connectivity index (χ2v) is 6.43. The van der Waals surface area contributed by atoms with Gasteiger partial charge in [0.25, 0.3) is 10.0 Å². The maximum absolute atomic E-state index is 12.9. The van der Waals surface area contributed by atoms with Crippen LogP contribution in [-0.2, 0) is 16.2 Å². The number of urea groups is 1. The molecule has 6 nitrogen and oxygen atoms in total. The molecule has 2 N–H and O–H groups in total. The first-order valence-electron chi connectivity index (χ1n) is 6.60. The molecule has 0 radical (unpaired) electrons. The summed E-state index contributed by atoms with van der Waals surface area (Å²) < 4.78 is 64.6. The van der Waals surface area contributed by atoms with E-state index in [0.29, 0.717) is 12.5 Å². The topological polar surface area (TPSA) is 78.5 Å². The van der Waals surface area contributed by atoms with Gasteiger partial charge in [-0.25, -0.2) is 22.9 Å². The van der Waals surface area contributed by atoms with Crippen LogP contribution in [0.4, 0.5) is 18.0 Å². The van der Waals surface area contributed by atoms with Gasteiger partial charge in [0, 0.05) is 6.20 Å². The van der Waals surface area contributed by atoms with Gasteiger partial charge in [-0.2, -0.15) is 13.2 Å². The highest BCUT2D eigenvalue weighted by atomic mass is 32.2. The summed E-state index contributed by atoms with van der Waals surface area (Å²) in [5, 5.41) is 0.965. The lowest BCUT2D eigenvalue weighted by molar-refractivity contribution is -0.139. The average Bonchev–Trinajstić information content (AvgIpc) is 2.95. The van der Waals surface area contributed by atoms with Gasteiger partial charge in [0.15, 0.2) is 0 Å². The van der Waals surface area contributed by atoms with Crippen LogP contribution in [0.2, 0.25) is 0 Å². The number of halogens is 3. The van der Waals surface area contributed by atoms with Crippen LogP contribution in [0.25, 0.3) is 0 Å². The molecule has 0 unspecified atom stereocenters. The molecule has 1 aliphatic heterocycles. The second-order valence-electron chi connectivity index (χ2n) is 4.78. The standard InChI is InChI=1S/C13H14F3N3O3S/c1-2-9-7-17-19(8-9)12(20)18-23(21,22)11-6-4-3-5-10(11)13(14,15)16/h3-7,17H,2,8H2,1H3,(H,18,20). The molecule has 2 amide bonds. The molecule has 1 heterocycles. The van der Waals surface area contributed by atoms with Crippen LogP contribution in [0.15, 0.2) is 40.9 Å². The van der Waals surface area contributed by atoms with E-state index >= 15 is 0 Å². The van der Waals surface area contributed by atoms with E-state index in [1.54, 1.807) is 4.72 Å². The molecule has 0 aromatic heterocycles. The fourth-order valence-electron chi connectivity index (χ4n) is 1.97. The zero-order valence-electron chi connectivity index (χ0n) is 12.0. The second kappa shape index (κ2) is 6.11. The Morgan fingerprint density at radius 1 is 1.35 bits per heavy atom. The minimum absolute atomic E-state index is 0.152. The summed E-state index contributed by atoms with van der Waals surface area (Å²) in [6.45, 7) is 2.00. The number of hydrazine groups is 1. The fraction of sp³-hybridized carbons (Fsp3) is 0.308. The van der Waals surface area contributed by atoms with Crippen molar-refractivity contribution in [3.8, 4) is 0 Å². The van der Waals surface area contributed by atoms with E-state index in [1.165, 1.54) is 6.20 Å². The highest BCUT2D eigenvalue weighted by Gasteiger charge is 2.37. The number of carbonyl (C=O) groups excluding carboxylic acids is 1. The third-order valence-corrected chi connectivity index (χ3v) is 4.57. The van der Waals surface area contributed by atoms with E-state index in [1.807, 2.05) is 6.92 Å². The molecule has 10 heteroatoms. The number of carbonyl (C=O) groups is 1. The predicted octanol–water partition coefficient (Wildman–Crippen LogP) is 2.22. The fourth-order valence-corrected chi connectivity index (χ4v) is 3.15. The largest absolute Gasteiger partial charge is 0.417 e. The monoisotopic (exact) mass is 349 g/mol. The number of benzene rings is 1. The summed E-state index contributed by atoms with van der Waals surface area (Å²) in [5.74, 6) is 0. The zero-order chi connectivity index (χ0) is 17.3. The molecule has 2 rings (SSSR count). The molecule has 0 aliphatic carbocycles. The number of nitrogens with one attached hydrogen (secondary N) is 2. The van der Waals surface area contributed by atoms with Crippen molar-refractivity contribution in [3.63, 3.8) is 0 Å². The van der Waals surface area contributed by atoms with Crippen LogP contribution in [0.1, 0.15) is 18.9 Å². The normalized spacial score (nSPS) is 15.1. The molecule has 0 bridgehead atoms. The van der Waals surface area contributed by atoms with Crippen LogP contribution in [0.5, 0.6) is 0 Å². The predicted molar refractivity (Wildman–Crippen MR) is 75.4 cm³/mol. The molecule has 126 valence electrons. The summed E-state index contributed by atoms with van der Waals surface area (Å²) in [6, 6.07) is 2.61. The van der Waals surface area contributed by atoms with Gasteiger partial charge < -0.3 is 5.43 Å². The van der Waals surface area contributed by atoms with Crippen molar-refractivity contribution in [2.24, 2.45) is 0 Å².